The molecular formula is C16H16FNO3. The molecule has 0 saturated carbocycles. The number of carbonyl (C=O) groups excluding carboxylic acids is 2. The fourth-order valence-corrected chi connectivity index (χ4v) is 2.32. The van der Waals surface area contributed by atoms with E-state index in [9.17, 15) is 14.0 Å². The minimum Gasteiger partial charge on any atom is -0.384 e. The van der Waals surface area contributed by atoms with Crippen molar-refractivity contribution in [3.8, 4) is 11.8 Å². The SMILES string of the molecule is CC1C(=O)N(Cc2cc(F)cc(C#CCO)c2)C(=O)C1C. The smallest absolute Gasteiger partial charge is 0.233 e. The standard InChI is InChI=1S/C16H16FNO3/c1-10-11(2)16(21)18(15(10)20)9-13-6-12(4-3-5-19)7-14(17)8-13/h6-8,10-11,19H,5,9H2,1-2H3. The molecule has 1 aromatic carbocycles. The number of likely N-dealkylation sites (tertiary alicyclic amines) is 1. The van der Waals surface area contributed by atoms with E-state index < -0.39 is 5.82 Å². The fourth-order valence-electron chi connectivity index (χ4n) is 2.32. The van der Waals surface area contributed by atoms with Crippen molar-refractivity contribution in [2.45, 2.75) is 20.4 Å². The van der Waals surface area contributed by atoms with Crippen LogP contribution in [0.5, 0.6) is 0 Å². The molecule has 0 bridgehead atoms. The van der Waals surface area contributed by atoms with Crippen LogP contribution in [-0.4, -0.2) is 28.4 Å². The summed E-state index contributed by atoms with van der Waals surface area (Å²) in [7, 11) is 0. The number of aliphatic hydroxyl groups is 1. The van der Waals surface area contributed by atoms with Crippen LogP contribution in [0.2, 0.25) is 0 Å². The highest BCUT2D eigenvalue weighted by atomic mass is 19.1. The van der Waals surface area contributed by atoms with Gasteiger partial charge in [0.2, 0.25) is 11.8 Å². The maximum atomic E-state index is 13.6. The monoisotopic (exact) mass is 289 g/mol. The van der Waals surface area contributed by atoms with E-state index >= 15 is 0 Å². The Morgan fingerprint density at radius 3 is 2.38 bits per heavy atom. The van der Waals surface area contributed by atoms with Crippen molar-refractivity contribution in [1.29, 1.82) is 0 Å². The highest BCUT2D eigenvalue weighted by Gasteiger charge is 2.41. The van der Waals surface area contributed by atoms with Crippen LogP contribution < -0.4 is 0 Å². The maximum Gasteiger partial charge on any atom is 0.233 e. The van der Waals surface area contributed by atoms with Crippen molar-refractivity contribution in [3.05, 3.63) is 35.1 Å². The van der Waals surface area contributed by atoms with E-state index in [1.54, 1.807) is 19.9 Å². The number of halogens is 1. The summed E-state index contributed by atoms with van der Waals surface area (Å²) in [5, 5.41) is 8.66. The molecule has 1 aromatic rings. The number of imide groups is 1. The van der Waals surface area contributed by atoms with Crippen molar-refractivity contribution >= 4 is 11.8 Å². The van der Waals surface area contributed by atoms with Gasteiger partial charge in [0, 0.05) is 17.4 Å². The van der Waals surface area contributed by atoms with Gasteiger partial charge in [0.15, 0.2) is 0 Å². The third kappa shape index (κ3) is 3.11. The predicted octanol–water partition coefficient (Wildman–Crippen LogP) is 1.31. The molecule has 2 rings (SSSR count). The molecule has 5 heteroatoms. The lowest BCUT2D eigenvalue weighted by Crippen LogP contribution is -2.30. The molecule has 1 N–H and O–H groups in total. The first kappa shape index (κ1) is 15.2. The molecule has 1 saturated heterocycles. The quantitative estimate of drug-likeness (QED) is 0.660. The summed E-state index contributed by atoms with van der Waals surface area (Å²) < 4.78 is 13.6. The molecule has 0 radical (unpaired) electrons. The van der Waals surface area contributed by atoms with Crippen molar-refractivity contribution in [2.24, 2.45) is 11.8 Å². The van der Waals surface area contributed by atoms with Crippen LogP contribution in [-0.2, 0) is 16.1 Å². The Morgan fingerprint density at radius 2 is 1.81 bits per heavy atom. The number of hydrogen-bond donors (Lipinski definition) is 1. The van der Waals surface area contributed by atoms with Crippen LogP contribution in [0.25, 0.3) is 0 Å². The van der Waals surface area contributed by atoms with Crippen LogP contribution in [0.4, 0.5) is 4.39 Å². The van der Waals surface area contributed by atoms with Gasteiger partial charge in [-0.15, -0.1) is 0 Å². The van der Waals surface area contributed by atoms with E-state index in [4.69, 9.17) is 5.11 Å². The number of aliphatic hydroxyl groups excluding tert-OH is 1. The molecule has 2 unspecified atom stereocenters. The van der Waals surface area contributed by atoms with Gasteiger partial charge in [0.1, 0.15) is 12.4 Å². The minimum atomic E-state index is -0.491. The first-order valence-electron chi connectivity index (χ1n) is 6.68. The first-order valence-corrected chi connectivity index (χ1v) is 6.68. The molecule has 0 aliphatic carbocycles. The number of carbonyl (C=O) groups is 2. The lowest BCUT2D eigenvalue weighted by Gasteiger charge is -2.15. The number of benzene rings is 1. The van der Waals surface area contributed by atoms with E-state index in [2.05, 4.69) is 11.8 Å². The van der Waals surface area contributed by atoms with Gasteiger partial charge in [-0.25, -0.2) is 4.39 Å². The lowest BCUT2D eigenvalue weighted by atomic mass is 10.00. The summed E-state index contributed by atoms with van der Waals surface area (Å²) in [6.07, 6.45) is 0. The average molecular weight is 289 g/mol. The number of hydrogen-bond acceptors (Lipinski definition) is 3. The second-order valence-electron chi connectivity index (χ2n) is 5.15. The van der Waals surface area contributed by atoms with Gasteiger partial charge < -0.3 is 5.11 Å². The fraction of sp³-hybridized carbons (Fsp3) is 0.375. The van der Waals surface area contributed by atoms with E-state index in [1.807, 2.05) is 0 Å². The van der Waals surface area contributed by atoms with Crippen LogP contribution in [0.1, 0.15) is 25.0 Å². The Labute approximate surface area is 122 Å². The topological polar surface area (TPSA) is 57.6 Å². The van der Waals surface area contributed by atoms with Gasteiger partial charge in [0.05, 0.1) is 6.54 Å². The largest absolute Gasteiger partial charge is 0.384 e. The molecule has 4 nitrogen and oxygen atoms in total. The summed E-state index contributed by atoms with van der Waals surface area (Å²) in [5.41, 5.74) is 0.902. The average Bonchev–Trinajstić information content (AvgIpc) is 2.62. The lowest BCUT2D eigenvalue weighted by molar-refractivity contribution is -0.140. The minimum absolute atomic E-state index is 0.0396. The van der Waals surface area contributed by atoms with Gasteiger partial charge in [-0.3, -0.25) is 14.5 Å². The van der Waals surface area contributed by atoms with E-state index in [0.717, 1.165) is 4.90 Å². The van der Waals surface area contributed by atoms with Crippen molar-refractivity contribution in [2.75, 3.05) is 6.61 Å². The molecule has 1 fully saturated rings. The van der Waals surface area contributed by atoms with E-state index in [1.165, 1.54) is 12.1 Å². The Bertz CT molecular complexity index is 625. The summed E-state index contributed by atoms with van der Waals surface area (Å²) in [6, 6.07) is 4.13. The van der Waals surface area contributed by atoms with Gasteiger partial charge >= 0.3 is 0 Å². The van der Waals surface area contributed by atoms with Crippen LogP contribution in [0.15, 0.2) is 18.2 Å². The predicted molar refractivity (Wildman–Crippen MR) is 74.2 cm³/mol. The molecule has 0 spiro atoms. The third-order valence-corrected chi connectivity index (χ3v) is 3.67. The van der Waals surface area contributed by atoms with Gasteiger partial charge in [-0.1, -0.05) is 25.7 Å². The molecule has 1 aliphatic heterocycles. The number of nitrogens with zero attached hydrogens (tertiary/aromatic N) is 1. The van der Waals surface area contributed by atoms with Gasteiger partial charge in [-0.2, -0.15) is 0 Å². The highest BCUT2D eigenvalue weighted by Crippen LogP contribution is 2.27. The maximum absolute atomic E-state index is 13.6. The molecule has 21 heavy (non-hydrogen) atoms. The normalized spacial score (nSPS) is 21.4. The van der Waals surface area contributed by atoms with Crippen LogP contribution in [0, 0.1) is 29.5 Å². The summed E-state index contributed by atoms with van der Waals surface area (Å²) in [4.78, 5) is 25.2. The second-order valence-corrected chi connectivity index (χ2v) is 5.15. The van der Waals surface area contributed by atoms with Crippen LogP contribution in [0.3, 0.4) is 0 Å². The van der Waals surface area contributed by atoms with E-state index in [0.29, 0.717) is 11.1 Å². The zero-order valence-electron chi connectivity index (χ0n) is 11.9. The Hall–Kier alpha value is -2.19. The zero-order chi connectivity index (χ0) is 15.6. The number of rotatable bonds is 2. The molecule has 1 heterocycles. The third-order valence-electron chi connectivity index (χ3n) is 3.67. The molecule has 0 aromatic heterocycles. The zero-order valence-corrected chi connectivity index (χ0v) is 11.9. The first-order chi connectivity index (χ1) is 9.93. The second kappa shape index (κ2) is 6.06. The summed E-state index contributed by atoms with van der Waals surface area (Å²) in [5.74, 6) is 3.39. The van der Waals surface area contributed by atoms with Gasteiger partial charge in [-0.05, 0) is 23.8 Å². The summed E-state index contributed by atoms with van der Waals surface area (Å²) >= 11 is 0. The van der Waals surface area contributed by atoms with Crippen molar-refractivity contribution in [1.82, 2.24) is 4.90 Å². The molecule has 110 valence electrons. The van der Waals surface area contributed by atoms with E-state index in [-0.39, 0.29) is 36.8 Å². The molecule has 2 amide bonds. The molecule has 1 aliphatic rings. The Morgan fingerprint density at radius 1 is 1.19 bits per heavy atom. The Kier molecular flexibility index (Phi) is 4.39. The molecule has 2 atom stereocenters. The molecular weight excluding hydrogens is 273 g/mol. The highest BCUT2D eigenvalue weighted by molar-refractivity contribution is 6.04. The van der Waals surface area contributed by atoms with Crippen molar-refractivity contribution < 1.29 is 19.1 Å². The van der Waals surface area contributed by atoms with Crippen molar-refractivity contribution in [3.63, 3.8) is 0 Å². The van der Waals surface area contributed by atoms with Crippen LogP contribution >= 0.6 is 0 Å². The summed E-state index contributed by atoms with van der Waals surface area (Å²) in [6.45, 7) is 3.16. The van der Waals surface area contributed by atoms with Gasteiger partial charge in [0.25, 0.3) is 0 Å². The number of amides is 2. The Balaban J connectivity index is 2.26.